The van der Waals surface area contributed by atoms with Gasteiger partial charge in [-0.15, -0.1) is 0 Å². The second kappa shape index (κ2) is 7.33. The van der Waals surface area contributed by atoms with Gasteiger partial charge < -0.3 is 20.9 Å². The predicted octanol–water partition coefficient (Wildman–Crippen LogP) is -0.996. The van der Waals surface area contributed by atoms with Gasteiger partial charge in [-0.3, -0.25) is 9.59 Å². The Morgan fingerprint density at radius 2 is 2.11 bits per heavy atom. The molecule has 1 fully saturated rings. The van der Waals surface area contributed by atoms with E-state index in [2.05, 4.69) is 10.2 Å². The lowest BCUT2D eigenvalue weighted by Gasteiger charge is -2.29. The number of carbonyl (C=O) groups excluding carboxylic acids is 2. The first kappa shape index (κ1) is 14.9. The highest BCUT2D eigenvalue weighted by Gasteiger charge is 2.29. The lowest BCUT2D eigenvalue weighted by molar-refractivity contribution is -0.147. The minimum Gasteiger partial charge on any atom is -0.347 e. The van der Waals surface area contributed by atoms with Gasteiger partial charge in [-0.05, 0) is 26.4 Å². The van der Waals surface area contributed by atoms with Gasteiger partial charge >= 0.3 is 11.8 Å². The molecule has 1 rings (SSSR count). The van der Waals surface area contributed by atoms with Crippen molar-refractivity contribution >= 4 is 11.8 Å². The molecule has 0 bridgehead atoms. The van der Waals surface area contributed by atoms with Gasteiger partial charge in [-0.25, -0.2) is 0 Å². The Morgan fingerprint density at radius 1 is 1.39 bits per heavy atom. The minimum atomic E-state index is -0.538. The van der Waals surface area contributed by atoms with Crippen LogP contribution in [0.1, 0.15) is 19.8 Å². The highest BCUT2D eigenvalue weighted by Crippen LogP contribution is 2.12. The Hall–Kier alpha value is -1.14. The predicted molar refractivity (Wildman–Crippen MR) is 70.0 cm³/mol. The Morgan fingerprint density at radius 3 is 2.72 bits per heavy atom. The second-order valence-corrected chi connectivity index (χ2v) is 4.72. The molecule has 6 nitrogen and oxygen atoms in total. The maximum absolute atomic E-state index is 12.1. The third-order valence-electron chi connectivity index (χ3n) is 3.26. The average Bonchev–Trinajstić information content (AvgIpc) is 2.56. The molecule has 1 saturated heterocycles. The van der Waals surface area contributed by atoms with E-state index in [0.717, 1.165) is 25.9 Å². The summed E-state index contributed by atoms with van der Waals surface area (Å²) in [4.78, 5) is 27.7. The van der Waals surface area contributed by atoms with Crippen LogP contribution in [-0.2, 0) is 9.59 Å². The van der Waals surface area contributed by atoms with Crippen LogP contribution in [0.3, 0.4) is 0 Å². The fourth-order valence-electron chi connectivity index (χ4n) is 2.25. The lowest BCUT2D eigenvalue weighted by Crippen LogP contribution is -2.50. The summed E-state index contributed by atoms with van der Waals surface area (Å²) in [5.74, 6) is -0.964. The zero-order valence-corrected chi connectivity index (χ0v) is 11.3. The van der Waals surface area contributed by atoms with Crippen molar-refractivity contribution in [1.29, 1.82) is 0 Å². The molecule has 0 spiro atoms. The zero-order chi connectivity index (χ0) is 13.5. The molecule has 0 radical (unpaired) electrons. The van der Waals surface area contributed by atoms with Crippen LogP contribution in [0, 0.1) is 0 Å². The maximum Gasteiger partial charge on any atom is 0.312 e. The van der Waals surface area contributed by atoms with Gasteiger partial charge in [0.25, 0.3) is 0 Å². The van der Waals surface area contributed by atoms with Crippen LogP contribution in [0.2, 0.25) is 0 Å². The first-order chi connectivity index (χ1) is 8.60. The first-order valence-corrected chi connectivity index (χ1v) is 6.57. The number of likely N-dealkylation sites (N-methyl/N-ethyl adjacent to an activating group) is 1. The molecule has 104 valence electrons. The van der Waals surface area contributed by atoms with E-state index < -0.39 is 11.8 Å². The molecule has 18 heavy (non-hydrogen) atoms. The number of carbonyl (C=O) groups is 2. The van der Waals surface area contributed by atoms with Gasteiger partial charge in [0.15, 0.2) is 0 Å². The molecule has 0 aromatic rings. The van der Waals surface area contributed by atoms with Crippen LogP contribution in [0.25, 0.3) is 0 Å². The zero-order valence-electron chi connectivity index (χ0n) is 11.3. The van der Waals surface area contributed by atoms with Gasteiger partial charge in [0.2, 0.25) is 0 Å². The highest BCUT2D eigenvalue weighted by molar-refractivity contribution is 6.35. The summed E-state index contributed by atoms with van der Waals surface area (Å²) in [6.45, 7) is 5.17. The summed E-state index contributed by atoms with van der Waals surface area (Å²) in [7, 11) is 2.05. The fourth-order valence-corrected chi connectivity index (χ4v) is 2.25. The molecule has 1 atom stereocenters. The second-order valence-electron chi connectivity index (χ2n) is 4.72. The number of nitrogens with zero attached hydrogens (tertiary/aromatic N) is 2. The quantitative estimate of drug-likeness (QED) is 0.635. The average molecular weight is 256 g/mol. The number of hydrogen-bond donors (Lipinski definition) is 2. The molecule has 0 aromatic heterocycles. The van der Waals surface area contributed by atoms with E-state index in [1.54, 1.807) is 4.90 Å². The van der Waals surface area contributed by atoms with Crippen LogP contribution in [-0.4, -0.2) is 67.4 Å². The van der Waals surface area contributed by atoms with E-state index in [9.17, 15) is 9.59 Å². The topological polar surface area (TPSA) is 78.7 Å². The summed E-state index contributed by atoms with van der Waals surface area (Å²) in [5.41, 5.74) is 5.31. The SMILES string of the molecule is CCC1CN(C)CCCN1C(=O)C(=O)NCCN. The van der Waals surface area contributed by atoms with Crippen molar-refractivity contribution in [2.45, 2.75) is 25.8 Å². The Labute approximate surface area is 108 Å². The summed E-state index contributed by atoms with van der Waals surface area (Å²) >= 11 is 0. The van der Waals surface area contributed by atoms with E-state index >= 15 is 0 Å². The third-order valence-corrected chi connectivity index (χ3v) is 3.26. The summed E-state index contributed by atoms with van der Waals surface area (Å²) < 4.78 is 0. The molecule has 0 aromatic carbocycles. The number of nitrogens with two attached hydrogens (primary N) is 1. The highest BCUT2D eigenvalue weighted by atomic mass is 16.2. The van der Waals surface area contributed by atoms with Gasteiger partial charge in [0.1, 0.15) is 0 Å². The van der Waals surface area contributed by atoms with Crippen molar-refractivity contribution in [2.24, 2.45) is 5.73 Å². The van der Waals surface area contributed by atoms with Crippen molar-refractivity contribution in [1.82, 2.24) is 15.1 Å². The molecule has 0 saturated carbocycles. The van der Waals surface area contributed by atoms with Crippen molar-refractivity contribution in [3.8, 4) is 0 Å². The Kier molecular flexibility index (Phi) is 6.07. The largest absolute Gasteiger partial charge is 0.347 e. The third kappa shape index (κ3) is 3.96. The van der Waals surface area contributed by atoms with Crippen LogP contribution in [0.5, 0.6) is 0 Å². The van der Waals surface area contributed by atoms with E-state index in [4.69, 9.17) is 5.73 Å². The summed E-state index contributed by atoms with van der Waals surface area (Å²) in [5, 5.41) is 2.54. The standard InChI is InChI=1S/C12H24N4O2/c1-3-10-9-15(2)7-4-8-16(10)12(18)11(17)14-6-5-13/h10H,3-9,13H2,1-2H3,(H,14,17). The number of hydrogen-bond acceptors (Lipinski definition) is 4. The van der Waals surface area contributed by atoms with E-state index in [0.29, 0.717) is 19.6 Å². The summed E-state index contributed by atoms with van der Waals surface area (Å²) in [6.07, 6.45) is 1.77. The molecule has 2 amide bonds. The van der Waals surface area contributed by atoms with Gasteiger partial charge in [0.05, 0.1) is 0 Å². The van der Waals surface area contributed by atoms with Crippen molar-refractivity contribution in [2.75, 3.05) is 39.8 Å². The van der Waals surface area contributed by atoms with Crippen LogP contribution >= 0.6 is 0 Å². The Balaban J connectivity index is 2.65. The van der Waals surface area contributed by atoms with Gasteiger partial charge in [-0.1, -0.05) is 6.92 Å². The van der Waals surface area contributed by atoms with Crippen LogP contribution in [0.4, 0.5) is 0 Å². The Bertz CT molecular complexity index is 296. The molecule has 1 aliphatic heterocycles. The van der Waals surface area contributed by atoms with E-state index in [-0.39, 0.29) is 6.04 Å². The molecule has 1 aliphatic rings. The summed E-state index contributed by atoms with van der Waals surface area (Å²) in [6, 6.07) is 0.119. The monoisotopic (exact) mass is 256 g/mol. The number of rotatable bonds is 3. The molecular formula is C12H24N4O2. The van der Waals surface area contributed by atoms with E-state index in [1.165, 1.54) is 0 Å². The molecule has 1 heterocycles. The fraction of sp³-hybridized carbons (Fsp3) is 0.833. The normalized spacial score (nSPS) is 21.5. The molecular weight excluding hydrogens is 232 g/mol. The number of amides is 2. The smallest absolute Gasteiger partial charge is 0.312 e. The van der Waals surface area contributed by atoms with E-state index in [1.807, 2.05) is 14.0 Å². The van der Waals surface area contributed by atoms with Crippen molar-refractivity contribution in [3.63, 3.8) is 0 Å². The number of nitrogens with one attached hydrogen (secondary N) is 1. The minimum absolute atomic E-state index is 0.119. The maximum atomic E-state index is 12.1. The first-order valence-electron chi connectivity index (χ1n) is 6.57. The molecule has 1 unspecified atom stereocenters. The molecule has 3 N–H and O–H groups in total. The van der Waals surface area contributed by atoms with Crippen molar-refractivity contribution < 1.29 is 9.59 Å². The van der Waals surface area contributed by atoms with Gasteiger partial charge in [0, 0.05) is 32.2 Å². The van der Waals surface area contributed by atoms with Crippen molar-refractivity contribution in [3.05, 3.63) is 0 Å². The van der Waals surface area contributed by atoms with Crippen LogP contribution < -0.4 is 11.1 Å². The molecule has 6 heteroatoms. The van der Waals surface area contributed by atoms with Crippen LogP contribution in [0.15, 0.2) is 0 Å². The van der Waals surface area contributed by atoms with Gasteiger partial charge in [-0.2, -0.15) is 0 Å². The molecule has 0 aliphatic carbocycles. The lowest BCUT2D eigenvalue weighted by atomic mass is 10.2.